The SMILES string of the molecule is COc1cnc(C#N)c(C(F)F)c1CCl. The molecule has 6 heteroatoms. The average Bonchev–Trinajstić information content (AvgIpc) is 2.26. The molecule has 0 N–H and O–H groups in total. The van der Waals surface area contributed by atoms with Crippen molar-refractivity contribution in [3.05, 3.63) is 23.0 Å². The van der Waals surface area contributed by atoms with E-state index in [1.54, 1.807) is 6.07 Å². The molecule has 1 rings (SSSR count). The second kappa shape index (κ2) is 4.89. The number of aromatic nitrogens is 1. The van der Waals surface area contributed by atoms with Crippen molar-refractivity contribution in [2.75, 3.05) is 7.11 Å². The summed E-state index contributed by atoms with van der Waals surface area (Å²) < 4.78 is 30.2. The summed E-state index contributed by atoms with van der Waals surface area (Å²) in [7, 11) is 1.33. The van der Waals surface area contributed by atoms with Crippen LogP contribution in [-0.4, -0.2) is 12.1 Å². The minimum Gasteiger partial charge on any atom is -0.495 e. The lowest BCUT2D eigenvalue weighted by molar-refractivity contribution is 0.149. The molecule has 0 unspecified atom stereocenters. The Balaban J connectivity index is 3.46. The standard InChI is InChI=1S/C9H7ClF2N2O/c1-15-7-4-14-6(3-13)8(9(11)12)5(7)2-10/h4,9H,2H2,1H3. The third-order valence-electron chi connectivity index (χ3n) is 1.87. The van der Waals surface area contributed by atoms with E-state index in [-0.39, 0.29) is 22.9 Å². The summed E-state index contributed by atoms with van der Waals surface area (Å²) in [6, 6.07) is 1.60. The van der Waals surface area contributed by atoms with Gasteiger partial charge in [-0.25, -0.2) is 13.8 Å². The highest BCUT2D eigenvalue weighted by atomic mass is 35.5. The number of rotatable bonds is 3. The van der Waals surface area contributed by atoms with Gasteiger partial charge in [0.25, 0.3) is 6.43 Å². The van der Waals surface area contributed by atoms with Crippen LogP contribution < -0.4 is 4.74 Å². The number of halogens is 3. The Labute approximate surface area is 90.3 Å². The minimum absolute atomic E-state index is 0.112. The highest BCUT2D eigenvalue weighted by molar-refractivity contribution is 6.17. The third kappa shape index (κ3) is 2.16. The molecule has 0 aliphatic rings. The highest BCUT2D eigenvalue weighted by Gasteiger charge is 2.22. The van der Waals surface area contributed by atoms with Crippen molar-refractivity contribution in [3.8, 4) is 11.8 Å². The molecular weight excluding hydrogens is 226 g/mol. The van der Waals surface area contributed by atoms with E-state index in [4.69, 9.17) is 21.6 Å². The summed E-state index contributed by atoms with van der Waals surface area (Å²) >= 11 is 5.54. The fraction of sp³-hybridized carbons (Fsp3) is 0.333. The van der Waals surface area contributed by atoms with E-state index in [1.807, 2.05) is 0 Å². The van der Waals surface area contributed by atoms with E-state index < -0.39 is 12.0 Å². The molecule has 0 saturated carbocycles. The van der Waals surface area contributed by atoms with Gasteiger partial charge < -0.3 is 4.74 Å². The van der Waals surface area contributed by atoms with Crippen molar-refractivity contribution < 1.29 is 13.5 Å². The maximum absolute atomic E-state index is 12.7. The zero-order valence-corrected chi connectivity index (χ0v) is 8.55. The van der Waals surface area contributed by atoms with E-state index in [0.29, 0.717) is 0 Å². The molecule has 0 aromatic carbocycles. The Morgan fingerprint density at radius 2 is 2.33 bits per heavy atom. The fourth-order valence-electron chi connectivity index (χ4n) is 1.18. The number of nitrogens with zero attached hydrogens (tertiary/aromatic N) is 2. The summed E-state index contributed by atoms with van der Waals surface area (Å²) in [6.07, 6.45) is -1.58. The van der Waals surface area contributed by atoms with Crippen LogP contribution in [0.3, 0.4) is 0 Å². The van der Waals surface area contributed by atoms with E-state index in [1.165, 1.54) is 13.3 Å². The van der Waals surface area contributed by atoms with E-state index >= 15 is 0 Å². The van der Waals surface area contributed by atoms with Crippen molar-refractivity contribution in [2.24, 2.45) is 0 Å². The Morgan fingerprint density at radius 3 is 2.73 bits per heavy atom. The zero-order valence-electron chi connectivity index (χ0n) is 7.80. The van der Waals surface area contributed by atoms with Gasteiger partial charge in [0.2, 0.25) is 0 Å². The normalized spacial score (nSPS) is 10.1. The number of alkyl halides is 3. The highest BCUT2D eigenvalue weighted by Crippen LogP contribution is 2.32. The molecule has 0 fully saturated rings. The maximum Gasteiger partial charge on any atom is 0.267 e. The van der Waals surface area contributed by atoms with E-state index in [0.717, 1.165) is 0 Å². The summed E-state index contributed by atoms with van der Waals surface area (Å²) in [4.78, 5) is 3.57. The fourth-order valence-corrected chi connectivity index (χ4v) is 1.46. The van der Waals surface area contributed by atoms with Crippen LogP contribution >= 0.6 is 11.6 Å². The predicted octanol–water partition coefficient (Wildman–Crippen LogP) is 2.64. The smallest absolute Gasteiger partial charge is 0.267 e. The molecule has 0 radical (unpaired) electrons. The van der Waals surface area contributed by atoms with E-state index in [9.17, 15) is 8.78 Å². The van der Waals surface area contributed by atoms with E-state index in [2.05, 4.69) is 4.98 Å². The number of ether oxygens (including phenoxy) is 1. The Morgan fingerprint density at radius 1 is 1.67 bits per heavy atom. The summed E-state index contributed by atoms with van der Waals surface area (Å²) in [5, 5.41) is 8.62. The molecule has 1 heterocycles. The molecule has 15 heavy (non-hydrogen) atoms. The number of pyridine rings is 1. The molecule has 0 amide bonds. The quantitative estimate of drug-likeness (QED) is 0.753. The molecule has 0 saturated heterocycles. The van der Waals surface area contributed by atoms with Crippen LogP contribution in [0.1, 0.15) is 23.2 Å². The lowest BCUT2D eigenvalue weighted by atomic mass is 10.1. The molecule has 0 aliphatic heterocycles. The summed E-state index contributed by atoms with van der Waals surface area (Å²) in [5.41, 5.74) is -0.658. The minimum atomic E-state index is -2.80. The molecule has 1 aromatic heterocycles. The van der Waals surface area contributed by atoms with Gasteiger partial charge in [0.15, 0.2) is 0 Å². The molecule has 0 atom stereocenters. The Kier molecular flexibility index (Phi) is 3.81. The van der Waals surface area contributed by atoms with Crippen molar-refractivity contribution in [3.63, 3.8) is 0 Å². The van der Waals surface area contributed by atoms with Crippen LogP contribution in [0.15, 0.2) is 6.20 Å². The van der Waals surface area contributed by atoms with Crippen LogP contribution in [0.4, 0.5) is 8.78 Å². The van der Waals surface area contributed by atoms with Gasteiger partial charge in [0.1, 0.15) is 17.5 Å². The number of hydrogen-bond donors (Lipinski definition) is 0. The average molecular weight is 233 g/mol. The topological polar surface area (TPSA) is 45.9 Å². The van der Waals surface area contributed by atoms with Crippen LogP contribution in [-0.2, 0) is 5.88 Å². The maximum atomic E-state index is 12.7. The zero-order chi connectivity index (χ0) is 11.4. The Hall–Kier alpha value is -1.41. The van der Waals surface area contributed by atoms with Crippen LogP contribution in [0.2, 0.25) is 0 Å². The summed E-state index contributed by atoms with van der Waals surface area (Å²) in [5.74, 6) is 0.0133. The van der Waals surface area contributed by atoms with Crippen LogP contribution in [0, 0.1) is 11.3 Å². The largest absolute Gasteiger partial charge is 0.495 e. The van der Waals surface area contributed by atoms with Crippen LogP contribution in [0.25, 0.3) is 0 Å². The lowest BCUT2D eigenvalue weighted by Gasteiger charge is -2.11. The predicted molar refractivity (Wildman–Crippen MR) is 50.0 cm³/mol. The van der Waals surface area contributed by atoms with Gasteiger partial charge in [-0.15, -0.1) is 11.6 Å². The van der Waals surface area contributed by atoms with Gasteiger partial charge in [-0.2, -0.15) is 5.26 Å². The first-order valence-corrected chi connectivity index (χ1v) is 4.49. The first-order valence-electron chi connectivity index (χ1n) is 3.95. The first-order chi connectivity index (χ1) is 7.15. The molecular formula is C9H7ClF2N2O. The van der Waals surface area contributed by atoms with Gasteiger partial charge in [-0.05, 0) is 0 Å². The summed E-state index contributed by atoms with van der Waals surface area (Å²) in [6.45, 7) is 0. The number of hydrogen-bond acceptors (Lipinski definition) is 3. The molecule has 0 spiro atoms. The van der Waals surface area contributed by atoms with Gasteiger partial charge in [-0.3, -0.25) is 0 Å². The second-order valence-electron chi connectivity index (χ2n) is 2.61. The van der Waals surface area contributed by atoms with Crippen LogP contribution in [0.5, 0.6) is 5.75 Å². The third-order valence-corrected chi connectivity index (χ3v) is 2.13. The van der Waals surface area contributed by atoms with Crippen molar-refractivity contribution in [2.45, 2.75) is 12.3 Å². The molecule has 0 aliphatic carbocycles. The molecule has 80 valence electrons. The molecule has 1 aromatic rings. The van der Waals surface area contributed by atoms with Gasteiger partial charge in [0, 0.05) is 5.56 Å². The molecule has 0 bridgehead atoms. The monoisotopic (exact) mass is 232 g/mol. The van der Waals surface area contributed by atoms with Crippen molar-refractivity contribution in [1.29, 1.82) is 5.26 Å². The second-order valence-corrected chi connectivity index (χ2v) is 2.88. The van der Waals surface area contributed by atoms with Gasteiger partial charge in [-0.1, -0.05) is 0 Å². The molecule has 3 nitrogen and oxygen atoms in total. The lowest BCUT2D eigenvalue weighted by Crippen LogP contribution is -2.02. The van der Waals surface area contributed by atoms with Gasteiger partial charge in [0.05, 0.1) is 24.8 Å². The number of methoxy groups -OCH3 is 1. The van der Waals surface area contributed by atoms with Gasteiger partial charge >= 0.3 is 0 Å². The Bertz CT molecular complexity index is 404. The van der Waals surface area contributed by atoms with Crippen molar-refractivity contribution in [1.82, 2.24) is 4.98 Å². The number of nitriles is 1. The van der Waals surface area contributed by atoms with Crippen molar-refractivity contribution >= 4 is 11.6 Å². The first kappa shape index (κ1) is 11.7.